The van der Waals surface area contributed by atoms with Crippen LogP contribution in [-0.4, -0.2) is 35.9 Å². The van der Waals surface area contributed by atoms with Crippen LogP contribution in [0, 0.1) is 11.3 Å². The van der Waals surface area contributed by atoms with Gasteiger partial charge in [0.2, 0.25) is 0 Å². The molecule has 2 aliphatic rings. The SMILES string of the molecule is N=C(N)C1CCCN(C(=O)NC2CCCCC2)C1. The van der Waals surface area contributed by atoms with Crippen molar-refractivity contribution in [2.75, 3.05) is 13.1 Å². The van der Waals surface area contributed by atoms with Gasteiger partial charge in [-0.1, -0.05) is 19.3 Å². The number of likely N-dealkylation sites (tertiary alicyclic amines) is 1. The molecule has 102 valence electrons. The van der Waals surface area contributed by atoms with Gasteiger partial charge in [0.05, 0.1) is 5.84 Å². The molecule has 1 heterocycles. The van der Waals surface area contributed by atoms with Gasteiger partial charge in [-0.3, -0.25) is 5.41 Å². The number of amidine groups is 1. The summed E-state index contributed by atoms with van der Waals surface area (Å²) in [5.74, 6) is 0.265. The van der Waals surface area contributed by atoms with Gasteiger partial charge in [0.1, 0.15) is 0 Å². The van der Waals surface area contributed by atoms with Gasteiger partial charge in [0.15, 0.2) is 0 Å². The van der Waals surface area contributed by atoms with E-state index in [1.54, 1.807) is 0 Å². The molecule has 1 atom stereocenters. The highest BCUT2D eigenvalue weighted by molar-refractivity contribution is 5.81. The van der Waals surface area contributed by atoms with Crippen LogP contribution in [0.4, 0.5) is 4.79 Å². The molecule has 1 unspecified atom stereocenters. The van der Waals surface area contributed by atoms with Gasteiger partial charge in [-0.25, -0.2) is 4.79 Å². The Balaban J connectivity index is 1.82. The summed E-state index contributed by atoms with van der Waals surface area (Å²) in [4.78, 5) is 14.0. The Labute approximate surface area is 109 Å². The monoisotopic (exact) mass is 252 g/mol. The summed E-state index contributed by atoms with van der Waals surface area (Å²) < 4.78 is 0. The third-order valence-corrected chi connectivity index (χ3v) is 4.08. The van der Waals surface area contributed by atoms with E-state index in [0.29, 0.717) is 12.6 Å². The fourth-order valence-electron chi connectivity index (χ4n) is 2.93. The van der Waals surface area contributed by atoms with Crippen LogP contribution in [0.1, 0.15) is 44.9 Å². The molecular formula is C13H24N4O. The van der Waals surface area contributed by atoms with Gasteiger partial charge in [-0.2, -0.15) is 0 Å². The van der Waals surface area contributed by atoms with Gasteiger partial charge in [-0.05, 0) is 25.7 Å². The first kappa shape index (κ1) is 13.2. The minimum Gasteiger partial charge on any atom is -0.387 e. The van der Waals surface area contributed by atoms with Crippen molar-refractivity contribution in [3.8, 4) is 0 Å². The molecule has 0 bridgehead atoms. The lowest BCUT2D eigenvalue weighted by molar-refractivity contribution is 0.171. The quantitative estimate of drug-likeness (QED) is 0.516. The molecule has 1 saturated carbocycles. The van der Waals surface area contributed by atoms with Crippen LogP contribution in [0.5, 0.6) is 0 Å². The van der Waals surface area contributed by atoms with E-state index in [-0.39, 0.29) is 17.8 Å². The van der Waals surface area contributed by atoms with Crippen molar-refractivity contribution < 1.29 is 4.79 Å². The Hall–Kier alpha value is -1.26. The third-order valence-electron chi connectivity index (χ3n) is 4.08. The number of piperidine rings is 1. The maximum Gasteiger partial charge on any atom is 0.317 e. The Kier molecular flexibility index (Phi) is 4.44. The standard InChI is InChI=1S/C13H24N4O/c14-12(15)10-5-4-8-17(9-10)13(18)16-11-6-2-1-3-7-11/h10-11H,1-9H2,(H3,14,15)(H,16,18). The van der Waals surface area contributed by atoms with Crippen molar-refractivity contribution >= 4 is 11.9 Å². The molecule has 0 aromatic heterocycles. The predicted octanol–water partition coefficient (Wildman–Crippen LogP) is 1.68. The van der Waals surface area contributed by atoms with Crippen molar-refractivity contribution in [2.45, 2.75) is 51.0 Å². The van der Waals surface area contributed by atoms with E-state index in [1.165, 1.54) is 19.3 Å². The molecule has 1 aliphatic heterocycles. The minimum absolute atomic E-state index is 0.0350. The van der Waals surface area contributed by atoms with Crippen LogP contribution < -0.4 is 11.1 Å². The van der Waals surface area contributed by atoms with Gasteiger partial charge in [-0.15, -0.1) is 0 Å². The smallest absolute Gasteiger partial charge is 0.317 e. The molecule has 5 nitrogen and oxygen atoms in total. The van der Waals surface area contributed by atoms with Crippen LogP contribution in [0.15, 0.2) is 0 Å². The summed E-state index contributed by atoms with van der Waals surface area (Å²) in [6, 6.07) is 0.386. The van der Waals surface area contributed by atoms with Crippen molar-refractivity contribution in [1.29, 1.82) is 5.41 Å². The number of nitrogens with zero attached hydrogens (tertiary/aromatic N) is 1. The second-order valence-electron chi connectivity index (χ2n) is 5.52. The number of rotatable bonds is 2. The number of hydrogen-bond donors (Lipinski definition) is 3. The van der Waals surface area contributed by atoms with E-state index in [0.717, 1.165) is 32.2 Å². The van der Waals surface area contributed by atoms with Gasteiger partial charge < -0.3 is 16.0 Å². The molecule has 2 rings (SSSR count). The van der Waals surface area contributed by atoms with E-state index in [4.69, 9.17) is 11.1 Å². The second kappa shape index (κ2) is 6.07. The number of carbonyl (C=O) groups excluding carboxylic acids is 1. The number of nitrogens with one attached hydrogen (secondary N) is 2. The van der Waals surface area contributed by atoms with Gasteiger partial charge in [0, 0.05) is 25.0 Å². The normalized spacial score (nSPS) is 25.8. The van der Waals surface area contributed by atoms with E-state index in [2.05, 4.69) is 5.32 Å². The van der Waals surface area contributed by atoms with Crippen molar-refractivity contribution in [2.24, 2.45) is 11.7 Å². The fourth-order valence-corrected chi connectivity index (χ4v) is 2.93. The molecule has 2 amide bonds. The van der Waals surface area contributed by atoms with E-state index in [9.17, 15) is 4.79 Å². The molecule has 18 heavy (non-hydrogen) atoms. The summed E-state index contributed by atoms with van der Waals surface area (Å²) in [5, 5.41) is 10.6. The number of nitrogens with two attached hydrogens (primary N) is 1. The summed E-state index contributed by atoms with van der Waals surface area (Å²) in [6.07, 6.45) is 7.83. The molecule has 1 saturated heterocycles. The number of urea groups is 1. The zero-order chi connectivity index (χ0) is 13.0. The molecule has 0 radical (unpaired) electrons. The highest BCUT2D eigenvalue weighted by atomic mass is 16.2. The predicted molar refractivity (Wildman–Crippen MR) is 71.6 cm³/mol. The summed E-state index contributed by atoms with van der Waals surface area (Å²) in [6.45, 7) is 1.40. The maximum atomic E-state index is 12.1. The molecular weight excluding hydrogens is 228 g/mol. The summed E-state index contributed by atoms with van der Waals surface area (Å²) >= 11 is 0. The zero-order valence-electron chi connectivity index (χ0n) is 11.0. The second-order valence-corrected chi connectivity index (χ2v) is 5.52. The van der Waals surface area contributed by atoms with Crippen molar-refractivity contribution in [1.82, 2.24) is 10.2 Å². The Morgan fingerprint density at radius 3 is 2.56 bits per heavy atom. The minimum atomic E-state index is 0.0350. The number of hydrogen-bond acceptors (Lipinski definition) is 2. The summed E-state index contributed by atoms with van der Waals surface area (Å²) in [7, 11) is 0. The highest BCUT2D eigenvalue weighted by Gasteiger charge is 2.26. The number of carbonyl (C=O) groups is 1. The lowest BCUT2D eigenvalue weighted by atomic mass is 9.95. The highest BCUT2D eigenvalue weighted by Crippen LogP contribution is 2.19. The largest absolute Gasteiger partial charge is 0.387 e. The molecule has 0 aromatic rings. The molecule has 0 aromatic carbocycles. The Bertz CT molecular complexity index is 312. The van der Waals surface area contributed by atoms with E-state index < -0.39 is 0 Å². The lowest BCUT2D eigenvalue weighted by Gasteiger charge is -2.34. The van der Waals surface area contributed by atoms with Crippen molar-refractivity contribution in [3.63, 3.8) is 0 Å². The third kappa shape index (κ3) is 3.37. The Morgan fingerprint density at radius 2 is 1.89 bits per heavy atom. The van der Waals surface area contributed by atoms with Crippen LogP contribution in [0.25, 0.3) is 0 Å². The number of amides is 2. The van der Waals surface area contributed by atoms with Crippen LogP contribution >= 0.6 is 0 Å². The average molecular weight is 252 g/mol. The average Bonchev–Trinajstić information content (AvgIpc) is 2.40. The topological polar surface area (TPSA) is 82.2 Å². The van der Waals surface area contributed by atoms with E-state index in [1.807, 2.05) is 4.90 Å². The first-order chi connectivity index (χ1) is 8.66. The molecule has 4 N–H and O–H groups in total. The van der Waals surface area contributed by atoms with Crippen LogP contribution in [-0.2, 0) is 0 Å². The molecule has 0 spiro atoms. The van der Waals surface area contributed by atoms with Crippen LogP contribution in [0.2, 0.25) is 0 Å². The first-order valence-corrected chi connectivity index (χ1v) is 7.06. The van der Waals surface area contributed by atoms with E-state index >= 15 is 0 Å². The first-order valence-electron chi connectivity index (χ1n) is 7.06. The summed E-state index contributed by atoms with van der Waals surface area (Å²) in [5.41, 5.74) is 5.54. The molecule has 5 heteroatoms. The van der Waals surface area contributed by atoms with Crippen molar-refractivity contribution in [3.05, 3.63) is 0 Å². The van der Waals surface area contributed by atoms with Crippen LogP contribution in [0.3, 0.4) is 0 Å². The molecule has 2 fully saturated rings. The Morgan fingerprint density at radius 1 is 1.17 bits per heavy atom. The van der Waals surface area contributed by atoms with Gasteiger partial charge >= 0.3 is 6.03 Å². The maximum absolute atomic E-state index is 12.1. The lowest BCUT2D eigenvalue weighted by Crippen LogP contribution is -2.50. The molecule has 1 aliphatic carbocycles. The van der Waals surface area contributed by atoms with Gasteiger partial charge in [0.25, 0.3) is 0 Å². The zero-order valence-corrected chi connectivity index (χ0v) is 11.0. The fraction of sp³-hybridized carbons (Fsp3) is 0.846.